The first-order chi connectivity index (χ1) is 17.1. The molecule has 5 rings (SSSR count). The van der Waals surface area contributed by atoms with Gasteiger partial charge in [0, 0.05) is 37.0 Å². The fourth-order valence-corrected chi connectivity index (χ4v) is 6.82. The van der Waals surface area contributed by atoms with E-state index in [0.29, 0.717) is 5.92 Å². The van der Waals surface area contributed by atoms with Crippen LogP contribution in [0.3, 0.4) is 0 Å². The zero-order valence-corrected chi connectivity index (χ0v) is 22.2. The molecule has 2 aliphatic rings. The molecule has 1 aromatic carbocycles. The third-order valence-electron chi connectivity index (χ3n) is 7.92. The summed E-state index contributed by atoms with van der Waals surface area (Å²) in [5.74, 6) is 2.64. The lowest BCUT2D eigenvalue weighted by molar-refractivity contribution is -0.133. The minimum absolute atomic E-state index is 0.0573. The van der Waals surface area contributed by atoms with Crippen molar-refractivity contribution in [2.24, 2.45) is 0 Å². The largest absolute Gasteiger partial charge is 0.352 e. The summed E-state index contributed by atoms with van der Waals surface area (Å²) >= 11 is 1.90. The van der Waals surface area contributed by atoms with Crippen molar-refractivity contribution in [1.82, 2.24) is 14.9 Å². The van der Waals surface area contributed by atoms with E-state index in [4.69, 9.17) is 9.97 Å². The van der Waals surface area contributed by atoms with Crippen LogP contribution < -0.4 is 4.90 Å². The zero-order valence-electron chi connectivity index (χ0n) is 21.4. The van der Waals surface area contributed by atoms with Crippen LogP contribution in [0, 0.1) is 0 Å². The number of aromatic nitrogens is 2. The standard InChI is InChI=1S/C29H38N4OS/c1-4-20(3)26-30-27(25-23-14-10-7-11-15-24(23)35-28(25)31-26)32-16-18-33(19-17-32)29(34)22(5-2)21-12-8-6-9-13-21/h6,8-9,12-13,20,22H,4-5,7,10-11,14-19H2,1-3H3/t20-,22+/m0/s1. The Morgan fingerprint density at radius 2 is 1.71 bits per heavy atom. The lowest BCUT2D eigenvalue weighted by Gasteiger charge is -2.37. The molecule has 1 amide bonds. The molecular weight excluding hydrogens is 452 g/mol. The Kier molecular flexibility index (Phi) is 7.37. The molecule has 0 N–H and O–H groups in total. The smallest absolute Gasteiger partial charge is 0.230 e. The zero-order chi connectivity index (χ0) is 24.4. The van der Waals surface area contributed by atoms with E-state index in [1.807, 2.05) is 29.5 Å². The number of fused-ring (bicyclic) bond motifs is 3. The van der Waals surface area contributed by atoms with Crippen LogP contribution in [-0.4, -0.2) is 47.0 Å². The number of thiophene rings is 1. The summed E-state index contributed by atoms with van der Waals surface area (Å²) in [4.78, 5) is 30.9. The molecule has 5 nitrogen and oxygen atoms in total. The summed E-state index contributed by atoms with van der Waals surface area (Å²) in [6.07, 6.45) is 8.03. The molecule has 1 aliphatic heterocycles. The van der Waals surface area contributed by atoms with Gasteiger partial charge in [-0.3, -0.25) is 4.79 Å². The Labute approximate surface area is 213 Å². The van der Waals surface area contributed by atoms with E-state index < -0.39 is 0 Å². The summed E-state index contributed by atoms with van der Waals surface area (Å²) in [7, 11) is 0. The highest BCUT2D eigenvalue weighted by atomic mass is 32.1. The number of carbonyl (C=O) groups is 1. The van der Waals surface area contributed by atoms with E-state index in [1.165, 1.54) is 46.3 Å². The average molecular weight is 491 g/mol. The summed E-state index contributed by atoms with van der Waals surface area (Å²) in [6, 6.07) is 10.2. The number of rotatable bonds is 6. The number of anilines is 1. The second kappa shape index (κ2) is 10.7. The molecule has 1 aliphatic carbocycles. The van der Waals surface area contributed by atoms with Gasteiger partial charge in [0.15, 0.2) is 0 Å². The van der Waals surface area contributed by atoms with Crippen LogP contribution in [0.5, 0.6) is 0 Å². The number of benzene rings is 1. The molecule has 0 spiro atoms. The number of carbonyl (C=O) groups excluding carboxylic acids is 1. The van der Waals surface area contributed by atoms with Crippen molar-refractivity contribution in [2.75, 3.05) is 31.1 Å². The molecule has 3 aromatic rings. The highest BCUT2D eigenvalue weighted by molar-refractivity contribution is 7.19. The van der Waals surface area contributed by atoms with Gasteiger partial charge < -0.3 is 9.80 Å². The maximum atomic E-state index is 13.4. The molecule has 0 unspecified atom stereocenters. The van der Waals surface area contributed by atoms with Crippen LogP contribution in [0.15, 0.2) is 30.3 Å². The minimum Gasteiger partial charge on any atom is -0.352 e. The minimum atomic E-state index is -0.0573. The first-order valence-corrected chi connectivity index (χ1v) is 14.3. The van der Waals surface area contributed by atoms with Gasteiger partial charge in [0.05, 0.1) is 11.3 Å². The molecule has 0 saturated carbocycles. The van der Waals surface area contributed by atoms with Gasteiger partial charge in [-0.2, -0.15) is 0 Å². The van der Waals surface area contributed by atoms with Crippen LogP contribution in [-0.2, 0) is 17.6 Å². The van der Waals surface area contributed by atoms with Crippen molar-refractivity contribution in [3.8, 4) is 0 Å². The number of aryl methyl sites for hydroxylation is 2. The monoisotopic (exact) mass is 490 g/mol. The SMILES string of the molecule is CC[C@H](C)c1nc(N2CCN(C(=O)[C@H](CC)c3ccccc3)CC2)c2c3c(sc2n1)CCCCC3. The molecular formula is C29H38N4OS. The highest BCUT2D eigenvalue weighted by Gasteiger charge is 2.30. The van der Waals surface area contributed by atoms with Crippen LogP contribution in [0.1, 0.15) is 86.5 Å². The Balaban J connectivity index is 1.42. The Morgan fingerprint density at radius 3 is 2.43 bits per heavy atom. The van der Waals surface area contributed by atoms with Crippen LogP contribution in [0.4, 0.5) is 5.82 Å². The van der Waals surface area contributed by atoms with Gasteiger partial charge in [-0.25, -0.2) is 9.97 Å². The third kappa shape index (κ3) is 4.82. The van der Waals surface area contributed by atoms with Crippen LogP contribution in [0.25, 0.3) is 10.2 Å². The second-order valence-electron chi connectivity index (χ2n) is 10.1. The van der Waals surface area contributed by atoms with Gasteiger partial charge in [0.1, 0.15) is 16.5 Å². The predicted octanol–water partition coefficient (Wildman–Crippen LogP) is 6.32. The second-order valence-corrected chi connectivity index (χ2v) is 11.2. The molecule has 1 saturated heterocycles. The van der Waals surface area contributed by atoms with E-state index in [9.17, 15) is 4.79 Å². The van der Waals surface area contributed by atoms with Gasteiger partial charge in [0.2, 0.25) is 5.91 Å². The topological polar surface area (TPSA) is 49.3 Å². The lowest BCUT2D eigenvalue weighted by Crippen LogP contribution is -2.50. The number of piperazine rings is 1. The maximum absolute atomic E-state index is 13.4. The lowest BCUT2D eigenvalue weighted by atomic mass is 9.95. The van der Waals surface area contributed by atoms with Gasteiger partial charge >= 0.3 is 0 Å². The van der Waals surface area contributed by atoms with Crippen molar-refractivity contribution in [2.45, 2.75) is 77.6 Å². The van der Waals surface area contributed by atoms with E-state index in [0.717, 1.165) is 62.6 Å². The number of amides is 1. The van der Waals surface area contributed by atoms with Gasteiger partial charge in [-0.1, -0.05) is 57.5 Å². The fourth-order valence-electron chi connectivity index (χ4n) is 5.56. The summed E-state index contributed by atoms with van der Waals surface area (Å²) < 4.78 is 0. The Morgan fingerprint density at radius 1 is 0.971 bits per heavy atom. The molecule has 6 heteroatoms. The Hall–Kier alpha value is -2.47. The quantitative estimate of drug-likeness (QED) is 0.380. The molecule has 3 heterocycles. The maximum Gasteiger partial charge on any atom is 0.230 e. The normalized spacial score (nSPS) is 18.3. The average Bonchev–Trinajstić information content (AvgIpc) is 3.09. The first-order valence-electron chi connectivity index (χ1n) is 13.5. The molecule has 0 radical (unpaired) electrons. The van der Waals surface area contributed by atoms with Crippen molar-refractivity contribution >= 4 is 33.3 Å². The molecule has 2 aromatic heterocycles. The van der Waals surface area contributed by atoms with Gasteiger partial charge in [0.25, 0.3) is 0 Å². The van der Waals surface area contributed by atoms with Crippen molar-refractivity contribution in [3.05, 3.63) is 52.2 Å². The number of hydrogen-bond acceptors (Lipinski definition) is 5. The van der Waals surface area contributed by atoms with Crippen LogP contribution >= 0.6 is 11.3 Å². The van der Waals surface area contributed by atoms with E-state index in [1.54, 1.807) is 0 Å². The molecule has 186 valence electrons. The fraction of sp³-hybridized carbons (Fsp3) is 0.552. The van der Waals surface area contributed by atoms with Gasteiger partial charge in [-0.15, -0.1) is 11.3 Å². The Bertz CT molecular complexity index is 1170. The van der Waals surface area contributed by atoms with Crippen LogP contribution in [0.2, 0.25) is 0 Å². The van der Waals surface area contributed by atoms with E-state index in [-0.39, 0.29) is 11.8 Å². The highest BCUT2D eigenvalue weighted by Crippen LogP contribution is 2.40. The van der Waals surface area contributed by atoms with Crippen molar-refractivity contribution < 1.29 is 4.79 Å². The third-order valence-corrected chi connectivity index (χ3v) is 9.10. The summed E-state index contributed by atoms with van der Waals surface area (Å²) in [5.41, 5.74) is 2.63. The molecule has 1 fully saturated rings. The first kappa shape index (κ1) is 24.2. The molecule has 0 bridgehead atoms. The summed E-state index contributed by atoms with van der Waals surface area (Å²) in [5, 5.41) is 1.30. The van der Waals surface area contributed by atoms with E-state index in [2.05, 4.69) is 42.7 Å². The number of nitrogens with zero attached hydrogens (tertiary/aromatic N) is 4. The van der Waals surface area contributed by atoms with Gasteiger partial charge in [-0.05, 0) is 49.7 Å². The molecule has 35 heavy (non-hydrogen) atoms. The van der Waals surface area contributed by atoms with Crippen molar-refractivity contribution in [1.29, 1.82) is 0 Å². The molecule has 2 atom stereocenters. The number of hydrogen-bond donors (Lipinski definition) is 0. The van der Waals surface area contributed by atoms with E-state index >= 15 is 0 Å². The summed E-state index contributed by atoms with van der Waals surface area (Å²) in [6.45, 7) is 9.71. The predicted molar refractivity (Wildman–Crippen MR) is 146 cm³/mol. The van der Waals surface area contributed by atoms with Crippen molar-refractivity contribution in [3.63, 3.8) is 0 Å².